The van der Waals surface area contributed by atoms with Crippen LogP contribution in [0.1, 0.15) is 5.56 Å². The number of hydrogen-bond acceptors (Lipinski definition) is 1. The van der Waals surface area contributed by atoms with Gasteiger partial charge >= 0.3 is 0 Å². The van der Waals surface area contributed by atoms with Crippen molar-refractivity contribution in [3.63, 3.8) is 0 Å². The maximum absolute atomic E-state index is 13.0. The Morgan fingerprint density at radius 1 is 1.00 bits per heavy atom. The number of rotatable bonds is 3. The molecule has 20 heavy (non-hydrogen) atoms. The molecule has 0 N–H and O–H groups in total. The molecule has 0 saturated heterocycles. The SMILES string of the molecule is Fc1ccc(-c2nn(-c3ccccc3)cc2CCl)cc1. The zero-order chi connectivity index (χ0) is 13.9. The molecule has 1 heterocycles. The van der Waals surface area contributed by atoms with Crippen molar-refractivity contribution < 1.29 is 4.39 Å². The van der Waals surface area contributed by atoms with Crippen LogP contribution in [0.15, 0.2) is 60.8 Å². The quantitative estimate of drug-likeness (QED) is 0.652. The third-order valence-corrected chi connectivity index (χ3v) is 3.36. The first-order valence-electron chi connectivity index (χ1n) is 6.24. The van der Waals surface area contributed by atoms with Crippen molar-refractivity contribution in [2.75, 3.05) is 0 Å². The largest absolute Gasteiger partial charge is 0.240 e. The summed E-state index contributed by atoms with van der Waals surface area (Å²) in [6, 6.07) is 16.1. The Hall–Kier alpha value is -2.13. The molecule has 3 aromatic rings. The van der Waals surface area contributed by atoms with Crippen molar-refractivity contribution in [1.29, 1.82) is 0 Å². The smallest absolute Gasteiger partial charge is 0.123 e. The summed E-state index contributed by atoms with van der Waals surface area (Å²) in [6.07, 6.45) is 1.90. The standard InChI is InChI=1S/C16H12ClFN2/c17-10-13-11-20(15-4-2-1-3-5-15)19-16(13)12-6-8-14(18)9-7-12/h1-9,11H,10H2. The normalized spacial score (nSPS) is 10.7. The molecule has 0 atom stereocenters. The molecule has 100 valence electrons. The summed E-state index contributed by atoms with van der Waals surface area (Å²) in [5, 5.41) is 4.56. The molecule has 0 aliphatic rings. The number of nitrogens with zero attached hydrogens (tertiary/aromatic N) is 2. The minimum Gasteiger partial charge on any atom is -0.240 e. The molecule has 0 unspecified atom stereocenters. The molecule has 0 fully saturated rings. The fourth-order valence-electron chi connectivity index (χ4n) is 2.07. The van der Waals surface area contributed by atoms with Gasteiger partial charge in [0.1, 0.15) is 5.82 Å². The second-order valence-corrected chi connectivity index (χ2v) is 4.69. The van der Waals surface area contributed by atoms with E-state index in [9.17, 15) is 4.39 Å². The minimum atomic E-state index is -0.260. The van der Waals surface area contributed by atoms with Crippen LogP contribution in [-0.4, -0.2) is 9.78 Å². The van der Waals surface area contributed by atoms with Crippen molar-refractivity contribution in [1.82, 2.24) is 9.78 Å². The maximum Gasteiger partial charge on any atom is 0.123 e. The van der Waals surface area contributed by atoms with Gasteiger partial charge in [0.15, 0.2) is 0 Å². The molecule has 2 aromatic carbocycles. The van der Waals surface area contributed by atoms with Crippen LogP contribution in [0.3, 0.4) is 0 Å². The van der Waals surface area contributed by atoms with E-state index in [1.165, 1.54) is 12.1 Å². The Kier molecular flexibility index (Phi) is 3.52. The van der Waals surface area contributed by atoms with Crippen LogP contribution in [0, 0.1) is 5.82 Å². The number of halogens is 2. The van der Waals surface area contributed by atoms with Gasteiger partial charge in [0.2, 0.25) is 0 Å². The molecular weight excluding hydrogens is 275 g/mol. The molecule has 0 radical (unpaired) electrons. The van der Waals surface area contributed by atoms with E-state index in [1.54, 1.807) is 16.8 Å². The first kappa shape index (κ1) is 12.9. The van der Waals surface area contributed by atoms with Gasteiger partial charge < -0.3 is 0 Å². The highest BCUT2D eigenvalue weighted by Crippen LogP contribution is 2.25. The highest BCUT2D eigenvalue weighted by Gasteiger charge is 2.11. The average molecular weight is 287 g/mol. The molecule has 0 saturated carbocycles. The number of aromatic nitrogens is 2. The van der Waals surface area contributed by atoms with Crippen LogP contribution in [0.5, 0.6) is 0 Å². The fourth-order valence-corrected chi connectivity index (χ4v) is 2.27. The van der Waals surface area contributed by atoms with Crippen LogP contribution in [0.25, 0.3) is 16.9 Å². The maximum atomic E-state index is 13.0. The predicted octanol–water partition coefficient (Wildman–Crippen LogP) is 4.42. The van der Waals surface area contributed by atoms with Gasteiger partial charge in [0, 0.05) is 17.3 Å². The van der Waals surface area contributed by atoms with Crippen LogP contribution < -0.4 is 0 Å². The van der Waals surface area contributed by atoms with E-state index in [-0.39, 0.29) is 5.82 Å². The van der Waals surface area contributed by atoms with Crippen LogP contribution in [-0.2, 0) is 5.88 Å². The van der Waals surface area contributed by atoms with Crippen molar-refractivity contribution in [3.8, 4) is 16.9 Å². The molecule has 4 heteroatoms. The molecule has 2 nitrogen and oxygen atoms in total. The topological polar surface area (TPSA) is 17.8 Å². The van der Waals surface area contributed by atoms with Crippen molar-refractivity contribution >= 4 is 11.6 Å². The van der Waals surface area contributed by atoms with E-state index >= 15 is 0 Å². The number of para-hydroxylation sites is 1. The monoisotopic (exact) mass is 286 g/mol. The molecule has 0 amide bonds. The summed E-state index contributed by atoms with van der Waals surface area (Å²) in [4.78, 5) is 0. The number of benzene rings is 2. The van der Waals surface area contributed by atoms with E-state index in [2.05, 4.69) is 5.10 Å². The van der Waals surface area contributed by atoms with E-state index in [1.807, 2.05) is 36.5 Å². The van der Waals surface area contributed by atoms with Gasteiger partial charge in [-0.15, -0.1) is 11.6 Å². The lowest BCUT2D eigenvalue weighted by Gasteiger charge is -2.00. The summed E-state index contributed by atoms with van der Waals surface area (Å²) in [5.41, 5.74) is 3.52. The zero-order valence-corrected chi connectivity index (χ0v) is 11.4. The number of alkyl halides is 1. The Balaban J connectivity index is 2.07. The van der Waals surface area contributed by atoms with Crippen molar-refractivity contribution in [2.45, 2.75) is 5.88 Å². The van der Waals surface area contributed by atoms with E-state index < -0.39 is 0 Å². The highest BCUT2D eigenvalue weighted by molar-refractivity contribution is 6.17. The molecule has 0 aliphatic carbocycles. The van der Waals surface area contributed by atoms with E-state index in [0.717, 1.165) is 22.5 Å². The summed E-state index contributed by atoms with van der Waals surface area (Å²) >= 11 is 5.99. The second kappa shape index (κ2) is 5.47. The molecule has 0 bridgehead atoms. The highest BCUT2D eigenvalue weighted by atomic mass is 35.5. The first-order valence-corrected chi connectivity index (χ1v) is 6.77. The summed E-state index contributed by atoms with van der Waals surface area (Å²) in [6.45, 7) is 0. The van der Waals surface area contributed by atoms with Gasteiger partial charge in [0.25, 0.3) is 0 Å². The van der Waals surface area contributed by atoms with Gasteiger partial charge in [-0.3, -0.25) is 0 Å². The van der Waals surface area contributed by atoms with Gasteiger partial charge in [-0.2, -0.15) is 5.10 Å². The number of hydrogen-bond donors (Lipinski definition) is 0. The van der Waals surface area contributed by atoms with Gasteiger partial charge in [-0.1, -0.05) is 18.2 Å². The first-order chi connectivity index (χ1) is 9.78. The van der Waals surface area contributed by atoms with Gasteiger partial charge in [0.05, 0.1) is 17.3 Å². The lowest BCUT2D eigenvalue weighted by Crippen LogP contribution is -1.94. The van der Waals surface area contributed by atoms with Gasteiger partial charge in [-0.05, 0) is 36.4 Å². The van der Waals surface area contributed by atoms with Gasteiger partial charge in [-0.25, -0.2) is 9.07 Å². The van der Waals surface area contributed by atoms with Crippen LogP contribution in [0.2, 0.25) is 0 Å². The van der Waals surface area contributed by atoms with Crippen molar-refractivity contribution in [3.05, 3.63) is 72.2 Å². The van der Waals surface area contributed by atoms with Crippen LogP contribution >= 0.6 is 11.6 Å². The fraction of sp³-hybridized carbons (Fsp3) is 0.0625. The van der Waals surface area contributed by atoms with Crippen molar-refractivity contribution in [2.24, 2.45) is 0 Å². The summed E-state index contributed by atoms with van der Waals surface area (Å²) in [5.74, 6) is 0.100. The minimum absolute atomic E-state index is 0.260. The molecular formula is C16H12ClFN2. The lowest BCUT2D eigenvalue weighted by molar-refractivity contribution is 0.628. The Morgan fingerprint density at radius 3 is 2.35 bits per heavy atom. The summed E-state index contributed by atoms with van der Waals surface area (Å²) < 4.78 is 14.8. The zero-order valence-electron chi connectivity index (χ0n) is 10.6. The third-order valence-electron chi connectivity index (χ3n) is 3.07. The Morgan fingerprint density at radius 2 is 1.70 bits per heavy atom. The van der Waals surface area contributed by atoms with Crippen LogP contribution in [0.4, 0.5) is 4.39 Å². The summed E-state index contributed by atoms with van der Waals surface area (Å²) in [7, 11) is 0. The predicted molar refractivity (Wildman–Crippen MR) is 78.5 cm³/mol. The third kappa shape index (κ3) is 2.45. The molecule has 0 aliphatic heterocycles. The lowest BCUT2D eigenvalue weighted by atomic mass is 10.1. The average Bonchev–Trinajstić information content (AvgIpc) is 2.93. The van der Waals surface area contributed by atoms with E-state index in [0.29, 0.717) is 5.88 Å². The Bertz CT molecular complexity index is 705. The Labute approximate surface area is 121 Å². The molecule has 3 rings (SSSR count). The molecule has 0 spiro atoms. The molecule has 1 aromatic heterocycles. The van der Waals surface area contributed by atoms with E-state index in [4.69, 9.17) is 11.6 Å². The second-order valence-electron chi connectivity index (χ2n) is 4.42.